The smallest absolute Gasteiger partial charge is 0.383 e. The summed E-state index contributed by atoms with van der Waals surface area (Å²) in [5.41, 5.74) is 3.60. The molecule has 0 fully saturated rings. The summed E-state index contributed by atoms with van der Waals surface area (Å²) >= 11 is 0. The molecule has 0 saturated heterocycles. The van der Waals surface area contributed by atoms with Crippen LogP contribution in [0, 0.1) is 11.3 Å². The molecular weight excluding hydrogens is 261 g/mol. The zero-order valence-corrected chi connectivity index (χ0v) is 9.71. The molecule has 1 aromatic rings. The highest BCUT2D eigenvalue weighted by Gasteiger charge is 2.33. The molecule has 0 aliphatic rings. The van der Waals surface area contributed by atoms with Gasteiger partial charge in [-0.15, -0.1) is 0 Å². The van der Waals surface area contributed by atoms with Crippen LogP contribution in [0.5, 0.6) is 0 Å². The Balaban J connectivity index is 2.77. The third kappa shape index (κ3) is 4.39. The maximum Gasteiger partial charge on any atom is 0.417 e. The van der Waals surface area contributed by atoms with E-state index in [9.17, 15) is 18.0 Å². The van der Waals surface area contributed by atoms with Crippen molar-refractivity contribution in [2.45, 2.75) is 6.18 Å². The summed E-state index contributed by atoms with van der Waals surface area (Å²) in [4.78, 5) is 10.4. The number of benzene rings is 1. The van der Waals surface area contributed by atoms with E-state index in [4.69, 9.17) is 11.0 Å². The Labute approximate surface area is 107 Å². The molecule has 0 aromatic heterocycles. The number of nitrogens with two attached hydrogens (primary N) is 1. The second-order valence-corrected chi connectivity index (χ2v) is 3.59. The Hall–Kier alpha value is -2.43. The average molecular weight is 272 g/mol. The molecule has 0 heterocycles. The maximum absolute atomic E-state index is 12.7. The standard InChI is InChI=1S/C11H11F3N4O/c12-11(13,14)9-5-8(2-1-7(9)6-15)17-3-4-18-10(16)19/h1-2,5,17H,3-4H2,(H3,16,18,19). The molecule has 0 unspecified atom stereocenters. The predicted octanol–water partition coefficient (Wildman–Crippen LogP) is 1.66. The summed E-state index contributed by atoms with van der Waals surface area (Å²) in [5.74, 6) is 0. The minimum atomic E-state index is -4.59. The van der Waals surface area contributed by atoms with Crippen molar-refractivity contribution in [2.75, 3.05) is 18.4 Å². The van der Waals surface area contributed by atoms with Gasteiger partial charge in [-0.2, -0.15) is 18.4 Å². The van der Waals surface area contributed by atoms with Crippen molar-refractivity contribution >= 4 is 11.7 Å². The lowest BCUT2D eigenvalue weighted by Gasteiger charge is -2.12. The monoisotopic (exact) mass is 272 g/mol. The molecule has 0 aliphatic carbocycles. The molecule has 0 atom stereocenters. The Morgan fingerprint density at radius 3 is 2.58 bits per heavy atom. The van der Waals surface area contributed by atoms with Gasteiger partial charge >= 0.3 is 12.2 Å². The first-order chi connectivity index (χ1) is 8.84. The number of carbonyl (C=O) groups is 1. The number of amides is 2. The lowest BCUT2D eigenvalue weighted by Crippen LogP contribution is -2.33. The van der Waals surface area contributed by atoms with Crippen molar-refractivity contribution < 1.29 is 18.0 Å². The first-order valence-corrected chi connectivity index (χ1v) is 5.23. The fourth-order valence-electron chi connectivity index (χ4n) is 1.38. The van der Waals surface area contributed by atoms with Gasteiger partial charge in [0.05, 0.1) is 17.2 Å². The van der Waals surface area contributed by atoms with Gasteiger partial charge in [-0.05, 0) is 18.2 Å². The first kappa shape index (κ1) is 14.6. The van der Waals surface area contributed by atoms with Crippen molar-refractivity contribution in [2.24, 2.45) is 5.73 Å². The van der Waals surface area contributed by atoms with Gasteiger partial charge in [0.1, 0.15) is 0 Å². The number of nitrogens with zero attached hydrogens (tertiary/aromatic N) is 1. The van der Waals surface area contributed by atoms with Crippen LogP contribution in [0.2, 0.25) is 0 Å². The van der Waals surface area contributed by atoms with E-state index in [0.717, 1.165) is 12.1 Å². The van der Waals surface area contributed by atoms with E-state index < -0.39 is 23.3 Å². The number of hydrogen-bond acceptors (Lipinski definition) is 3. The third-order valence-corrected chi connectivity index (χ3v) is 2.20. The molecule has 0 radical (unpaired) electrons. The van der Waals surface area contributed by atoms with Crippen molar-refractivity contribution in [1.29, 1.82) is 5.26 Å². The summed E-state index contributed by atoms with van der Waals surface area (Å²) in [7, 11) is 0. The van der Waals surface area contributed by atoms with Gasteiger partial charge in [-0.1, -0.05) is 0 Å². The Morgan fingerprint density at radius 1 is 1.37 bits per heavy atom. The second kappa shape index (κ2) is 5.95. The van der Waals surface area contributed by atoms with Crippen LogP contribution < -0.4 is 16.4 Å². The highest BCUT2D eigenvalue weighted by molar-refractivity contribution is 5.71. The van der Waals surface area contributed by atoms with Crippen molar-refractivity contribution in [3.05, 3.63) is 29.3 Å². The van der Waals surface area contributed by atoms with Gasteiger partial charge in [-0.3, -0.25) is 0 Å². The fraction of sp³-hybridized carbons (Fsp3) is 0.273. The van der Waals surface area contributed by atoms with Crippen LogP contribution in [0.4, 0.5) is 23.7 Å². The molecule has 0 aliphatic heterocycles. The summed E-state index contributed by atoms with van der Waals surface area (Å²) in [5, 5.41) is 13.6. The van der Waals surface area contributed by atoms with E-state index in [1.54, 1.807) is 0 Å². The minimum absolute atomic E-state index is 0.177. The van der Waals surface area contributed by atoms with Crippen LogP contribution in [-0.2, 0) is 6.18 Å². The molecule has 8 heteroatoms. The number of halogens is 3. The zero-order chi connectivity index (χ0) is 14.5. The summed E-state index contributed by atoms with van der Waals surface area (Å²) in [6.07, 6.45) is -4.59. The molecule has 1 rings (SSSR count). The predicted molar refractivity (Wildman–Crippen MR) is 62.2 cm³/mol. The van der Waals surface area contributed by atoms with E-state index in [2.05, 4.69) is 10.6 Å². The number of nitrogens with one attached hydrogen (secondary N) is 2. The number of anilines is 1. The maximum atomic E-state index is 12.7. The van der Waals surface area contributed by atoms with Crippen molar-refractivity contribution in [3.63, 3.8) is 0 Å². The summed E-state index contributed by atoms with van der Waals surface area (Å²) in [6, 6.07) is 4.08. The van der Waals surface area contributed by atoms with Gasteiger partial charge in [0.2, 0.25) is 0 Å². The normalized spacial score (nSPS) is 10.6. The van der Waals surface area contributed by atoms with E-state index in [1.165, 1.54) is 12.1 Å². The number of rotatable bonds is 4. The van der Waals surface area contributed by atoms with E-state index in [1.807, 2.05) is 0 Å². The van der Waals surface area contributed by atoms with Gasteiger partial charge < -0.3 is 16.4 Å². The van der Waals surface area contributed by atoms with E-state index >= 15 is 0 Å². The largest absolute Gasteiger partial charge is 0.417 e. The second-order valence-electron chi connectivity index (χ2n) is 3.59. The Bertz CT molecular complexity index is 508. The van der Waals surface area contributed by atoms with Crippen LogP contribution in [0.15, 0.2) is 18.2 Å². The first-order valence-electron chi connectivity index (χ1n) is 5.23. The van der Waals surface area contributed by atoms with Crippen LogP contribution >= 0.6 is 0 Å². The Kier molecular flexibility index (Phi) is 4.58. The minimum Gasteiger partial charge on any atom is -0.383 e. The van der Waals surface area contributed by atoms with Crippen molar-refractivity contribution in [1.82, 2.24) is 5.32 Å². The molecule has 4 N–H and O–H groups in total. The number of hydrogen-bond donors (Lipinski definition) is 3. The van der Waals surface area contributed by atoms with Gasteiger partial charge in [0, 0.05) is 18.8 Å². The lowest BCUT2D eigenvalue weighted by atomic mass is 10.1. The molecule has 0 spiro atoms. The van der Waals surface area contributed by atoms with Crippen molar-refractivity contribution in [3.8, 4) is 6.07 Å². The van der Waals surface area contributed by atoms with Gasteiger partial charge in [0.15, 0.2) is 0 Å². The number of urea groups is 1. The van der Waals surface area contributed by atoms with Crippen LogP contribution in [0.25, 0.3) is 0 Å². The molecule has 0 bridgehead atoms. The Morgan fingerprint density at radius 2 is 2.05 bits per heavy atom. The lowest BCUT2D eigenvalue weighted by molar-refractivity contribution is -0.137. The third-order valence-electron chi connectivity index (χ3n) is 2.20. The summed E-state index contributed by atoms with van der Waals surface area (Å²) in [6.45, 7) is 0.392. The van der Waals surface area contributed by atoms with E-state index in [-0.39, 0.29) is 18.8 Å². The van der Waals surface area contributed by atoms with Gasteiger partial charge in [0.25, 0.3) is 0 Å². The average Bonchev–Trinajstić information content (AvgIpc) is 2.33. The number of primary amides is 1. The number of carbonyl (C=O) groups excluding carboxylic acids is 1. The van der Waals surface area contributed by atoms with Gasteiger partial charge in [-0.25, -0.2) is 4.79 Å². The number of alkyl halides is 3. The molecular formula is C11H11F3N4O. The molecule has 1 aromatic carbocycles. The molecule has 102 valence electrons. The SMILES string of the molecule is N#Cc1ccc(NCCNC(N)=O)cc1C(F)(F)F. The molecule has 0 saturated carbocycles. The fourth-order valence-corrected chi connectivity index (χ4v) is 1.38. The highest BCUT2D eigenvalue weighted by Crippen LogP contribution is 2.33. The molecule has 5 nitrogen and oxygen atoms in total. The summed E-state index contributed by atoms with van der Waals surface area (Å²) < 4.78 is 38.0. The zero-order valence-electron chi connectivity index (χ0n) is 9.71. The van der Waals surface area contributed by atoms with E-state index in [0.29, 0.717) is 0 Å². The molecule has 19 heavy (non-hydrogen) atoms. The van der Waals surface area contributed by atoms with Crippen LogP contribution in [0.3, 0.4) is 0 Å². The number of nitriles is 1. The highest BCUT2D eigenvalue weighted by atomic mass is 19.4. The van der Waals surface area contributed by atoms with Crippen LogP contribution in [0.1, 0.15) is 11.1 Å². The van der Waals surface area contributed by atoms with Crippen LogP contribution in [-0.4, -0.2) is 19.1 Å². The quantitative estimate of drug-likeness (QED) is 0.728. The molecule has 2 amide bonds. The topological polar surface area (TPSA) is 90.9 Å².